The van der Waals surface area contributed by atoms with E-state index in [2.05, 4.69) is 52.3 Å². The molecule has 3 aliphatic carbocycles. The zero-order chi connectivity index (χ0) is 19.8. The number of imide groups is 1. The second-order valence-electron chi connectivity index (χ2n) is 8.29. The summed E-state index contributed by atoms with van der Waals surface area (Å²) in [6.07, 6.45) is 0.961. The Morgan fingerprint density at radius 2 is 1.45 bits per heavy atom. The molecule has 2 bridgehead atoms. The fraction of sp³-hybridized carbons (Fsp3) is 0.200. The van der Waals surface area contributed by atoms with Crippen molar-refractivity contribution in [2.24, 2.45) is 5.41 Å². The third kappa shape index (κ3) is 2.18. The zero-order valence-corrected chi connectivity index (χ0v) is 17.2. The molecule has 1 saturated heterocycles. The van der Waals surface area contributed by atoms with Gasteiger partial charge in [0.25, 0.3) is 0 Å². The van der Waals surface area contributed by atoms with E-state index in [-0.39, 0.29) is 30.1 Å². The van der Waals surface area contributed by atoms with Gasteiger partial charge in [0.1, 0.15) is 0 Å². The molecule has 3 aromatic carbocycles. The number of hydrogen-bond donors (Lipinski definition) is 0. The van der Waals surface area contributed by atoms with Crippen LogP contribution in [0.25, 0.3) is 0 Å². The second-order valence-corrected chi connectivity index (χ2v) is 9.21. The summed E-state index contributed by atoms with van der Waals surface area (Å²) >= 11 is 3.46. The van der Waals surface area contributed by atoms with E-state index >= 15 is 0 Å². The number of benzene rings is 3. The first-order chi connectivity index (χ1) is 14.1. The van der Waals surface area contributed by atoms with Crippen LogP contribution in [0.3, 0.4) is 0 Å². The molecule has 1 aliphatic heterocycles. The number of carbonyl (C=O) groups is 2. The van der Waals surface area contributed by atoms with Crippen LogP contribution in [-0.2, 0) is 9.59 Å². The molecule has 3 nitrogen and oxygen atoms in total. The highest BCUT2D eigenvalue weighted by molar-refractivity contribution is 9.10. The Hall–Kier alpha value is -2.72. The van der Waals surface area contributed by atoms with Gasteiger partial charge in [-0.05, 0) is 46.9 Å². The van der Waals surface area contributed by atoms with Gasteiger partial charge < -0.3 is 0 Å². The van der Waals surface area contributed by atoms with Crippen molar-refractivity contribution in [2.45, 2.75) is 24.7 Å². The van der Waals surface area contributed by atoms with Crippen LogP contribution in [0, 0.1) is 5.41 Å². The fourth-order valence-corrected chi connectivity index (χ4v) is 6.22. The molecule has 29 heavy (non-hydrogen) atoms. The number of hydrogen-bond acceptors (Lipinski definition) is 2. The van der Waals surface area contributed by atoms with Crippen molar-refractivity contribution in [2.75, 3.05) is 4.90 Å². The Bertz CT molecular complexity index is 1160. The summed E-state index contributed by atoms with van der Waals surface area (Å²) in [4.78, 5) is 28.5. The van der Waals surface area contributed by atoms with E-state index < -0.39 is 5.41 Å². The minimum Gasteiger partial charge on any atom is -0.274 e. The van der Waals surface area contributed by atoms with Crippen LogP contribution in [0.1, 0.15) is 46.9 Å². The molecule has 1 atom stereocenters. The summed E-state index contributed by atoms with van der Waals surface area (Å²) in [7, 11) is 0. The normalized spacial score (nSPS) is 26.7. The number of rotatable bonds is 1. The predicted octanol–water partition coefficient (Wildman–Crippen LogP) is 5.38. The minimum absolute atomic E-state index is 0.0559. The van der Waals surface area contributed by atoms with Gasteiger partial charge in [0.2, 0.25) is 11.8 Å². The number of anilines is 1. The molecule has 142 valence electrons. The maximum Gasteiger partial charge on any atom is 0.241 e. The number of halogens is 1. The molecule has 0 radical (unpaired) electrons. The molecular formula is C25H18BrNO2. The Kier molecular flexibility index (Phi) is 3.49. The van der Waals surface area contributed by atoms with Crippen molar-refractivity contribution in [3.05, 3.63) is 99.5 Å². The Morgan fingerprint density at radius 3 is 2.07 bits per heavy atom. The van der Waals surface area contributed by atoms with Crippen molar-refractivity contribution in [3.63, 3.8) is 0 Å². The molecule has 4 heteroatoms. The summed E-state index contributed by atoms with van der Waals surface area (Å²) in [5.41, 5.74) is 4.98. The van der Waals surface area contributed by atoms with Gasteiger partial charge in [0.05, 0.1) is 11.1 Å². The van der Waals surface area contributed by atoms with Gasteiger partial charge in [0.15, 0.2) is 0 Å². The Morgan fingerprint density at radius 1 is 0.828 bits per heavy atom. The maximum atomic E-state index is 13.9. The van der Waals surface area contributed by atoms with E-state index in [9.17, 15) is 9.59 Å². The van der Waals surface area contributed by atoms with Crippen molar-refractivity contribution in [1.82, 2.24) is 0 Å². The lowest BCUT2D eigenvalue weighted by Gasteiger charge is -2.50. The van der Waals surface area contributed by atoms with Gasteiger partial charge in [-0.1, -0.05) is 70.5 Å². The lowest BCUT2D eigenvalue weighted by molar-refractivity contribution is -0.127. The SMILES string of the molecule is O=C1CC2(CC3c4ccccc4C2c2ccccc23)C(=O)N1c1cccc(Br)c1. The number of carbonyl (C=O) groups excluding carboxylic acids is 2. The molecule has 7 rings (SSSR count). The highest BCUT2D eigenvalue weighted by Crippen LogP contribution is 2.64. The maximum absolute atomic E-state index is 13.9. The molecular weight excluding hydrogens is 426 g/mol. The Labute approximate surface area is 177 Å². The van der Waals surface area contributed by atoms with E-state index in [1.54, 1.807) is 0 Å². The van der Waals surface area contributed by atoms with E-state index in [0.29, 0.717) is 12.1 Å². The molecule has 0 aromatic heterocycles. The first-order valence-electron chi connectivity index (χ1n) is 9.91. The van der Waals surface area contributed by atoms with Crippen molar-refractivity contribution >= 4 is 33.4 Å². The fourth-order valence-electron chi connectivity index (χ4n) is 5.84. The zero-order valence-electron chi connectivity index (χ0n) is 15.6. The highest BCUT2D eigenvalue weighted by Gasteiger charge is 2.62. The second kappa shape index (κ2) is 5.90. The van der Waals surface area contributed by atoms with Crippen LogP contribution in [0.15, 0.2) is 77.3 Å². The van der Waals surface area contributed by atoms with Crippen LogP contribution < -0.4 is 4.90 Å². The van der Waals surface area contributed by atoms with Crippen molar-refractivity contribution in [1.29, 1.82) is 0 Å². The van der Waals surface area contributed by atoms with Gasteiger partial charge in [0, 0.05) is 22.7 Å². The lowest BCUT2D eigenvalue weighted by Crippen LogP contribution is -2.47. The average molecular weight is 444 g/mol. The molecule has 1 unspecified atom stereocenters. The van der Waals surface area contributed by atoms with Gasteiger partial charge in [-0.3, -0.25) is 9.59 Å². The van der Waals surface area contributed by atoms with Crippen molar-refractivity contribution in [3.8, 4) is 0 Å². The summed E-state index contributed by atoms with van der Waals surface area (Å²) in [6.45, 7) is 0. The van der Waals surface area contributed by atoms with Crippen molar-refractivity contribution < 1.29 is 9.59 Å². The smallest absolute Gasteiger partial charge is 0.241 e. The molecule has 0 N–H and O–H groups in total. The Balaban J connectivity index is 1.55. The summed E-state index contributed by atoms with van der Waals surface area (Å²) in [5.74, 6) is -0.0738. The molecule has 3 aromatic rings. The molecule has 1 heterocycles. The van der Waals surface area contributed by atoms with Crippen LogP contribution in [0.5, 0.6) is 0 Å². The first kappa shape index (κ1) is 17.2. The quantitative estimate of drug-likeness (QED) is 0.473. The molecule has 0 saturated carbocycles. The lowest BCUT2D eigenvalue weighted by atomic mass is 9.51. The minimum atomic E-state index is -0.702. The van der Waals surface area contributed by atoms with E-state index in [1.807, 2.05) is 36.4 Å². The van der Waals surface area contributed by atoms with Gasteiger partial charge in [-0.2, -0.15) is 0 Å². The molecule has 1 spiro atoms. The third-order valence-electron chi connectivity index (χ3n) is 6.90. The van der Waals surface area contributed by atoms with E-state index in [0.717, 1.165) is 4.47 Å². The van der Waals surface area contributed by atoms with Gasteiger partial charge in [-0.15, -0.1) is 0 Å². The van der Waals surface area contributed by atoms with Gasteiger partial charge >= 0.3 is 0 Å². The largest absolute Gasteiger partial charge is 0.274 e. The van der Waals surface area contributed by atoms with Crippen LogP contribution in [0.4, 0.5) is 5.69 Å². The van der Waals surface area contributed by atoms with E-state index in [1.165, 1.54) is 27.2 Å². The standard InChI is InChI=1S/C25H18BrNO2/c26-15-6-5-7-16(12-15)27-22(28)14-25(24(27)29)13-21-17-8-1-3-10-19(17)23(25)20-11-4-2-9-18(20)21/h1-12,21,23H,13-14H2. The van der Waals surface area contributed by atoms with Crippen LogP contribution >= 0.6 is 15.9 Å². The summed E-state index contributed by atoms with van der Waals surface area (Å²) in [6, 6.07) is 24.3. The molecule has 4 aliphatic rings. The topological polar surface area (TPSA) is 37.4 Å². The number of amides is 2. The van der Waals surface area contributed by atoms with Crippen LogP contribution in [-0.4, -0.2) is 11.8 Å². The summed E-state index contributed by atoms with van der Waals surface area (Å²) in [5, 5.41) is 0. The predicted molar refractivity (Wildman–Crippen MR) is 115 cm³/mol. The first-order valence-corrected chi connectivity index (χ1v) is 10.7. The molecule has 2 amide bonds. The molecule has 1 fully saturated rings. The van der Waals surface area contributed by atoms with Crippen LogP contribution in [0.2, 0.25) is 0 Å². The average Bonchev–Trinajstić information content (AvgIpc) is 2.97. The van der Waals surface area contributed by atoms with E-state index in [4.69, 9.17) is 0 Å². The number of nitrogens with zero attached hydrogens (tertiary/aromatic N) is 1. The monoisotopic (exact) mass is 443 g/mol. The summed E-state index contributed by atoms with van der Waals surface area (Å²) < 4.78 is 0.859. The highest BCUT2D eigenvalue weighted by atomic mass is 79.9. The third-order valence-corrected chi connectivity index (χ3v) is 7.39. The van der Waals surface area contributed by atoms with Gasteiger partial charge in [-0.25, -0.2) is 4.90 Å².